The van der Waals surface area contributed by atoms with Gasteiger partial charge in [0.05, 0.1) is 7.11 Å². The number of methoxy groups -OCH3 is 1. The van der Waals surface area contributed by atoms with Crippen molar-refractivity contribution in [1.29, 1.82) is 0 Å². The second-order valence-electron chi connectivity index (χ2n) is 6.44. The summed E-state index contributed by atoms with van der Waals surface area (Å²) < 4.78 is 16.8. The first-order valence-electron chi connectivity index (χ1n) is 8.44. The van der Waals surface area contributed by atoms with Gasteiger partial charge < -0.3 is 25.3 Å². The van der Waals surface area contributed by atoms with Crippen molar-refractivity contribution in [3.05, 3.63) is 47.0 Å². The molecule has 0 unspecified atom stereocenters. The molecule has 0 saturated heterocycles. The van der Waals surface area contributed by atoms with Gasteiger partial charge in [0.15, 0.2) is 11.5 Å². The molecule has 2 aromatic rings. The van der Waals surface area contributed by atoms with Gasteiger partial charge in [-0.2, -0.15) is 0 Å². The predicted molar refractivity (Wildman–Crippen MR) is 96.8 cm³/mol. The number of fused-ring (bicyclic) bond motifs is 2. The number of anilines is 1. The van der Waals surface area contributed by atoms with Gasteiger partial charge in [0, 0.05) is 23.4 Å². The molecule has 0 aliphatic carbocycles. The smallest absolute Gasteiger partial charge is 0.248 e. The number of nitrogens with two attached hydrogens (primary N) is 1. The molecule has 3 N–H and O–H groups in total. The lowest BCUT2D eigenvalue weighted by atomic mass is 9.94. The molecule has 0 aromatic heterocycles. The second kappa shape index (κ2) is 6.42. The molecule has 2 aromatic carbocycles. The Bertz CT molecular complexity index is 851. The highest BCUT2D eigenvalue weighted by molar-refractivity contribution is 5.93. The Morgan fingerprint density at radius 1 is 1.31 bits per heavy atom. The number of rotatable bonds is 4. The van der Waals surface area contributed by atoms with Gasteiger partial charge in [-0.25, -0.2) is 0 Å². The van der Waals surface area contributed by atoms with Crippen molar-refractivity contribution in [2.75, 3.05) is 32.8 Å². The molecule has 2 aliphatic heterocycles. The van der Waals surface area contributed by atoms with E-state index in [0.717, 1.165) is 30.0 Å². The zero-order chi connectivity index (χ0) is 18.3. The van der Waals surface area contributed by atoms with Crippen LogP contribution in [0.5, 0.6) is 17.2 Å². The fourth-order valence-corrected chi connectivity index (χ4v) is 3.50. The molecule has 2 heterocycles. The molecule has 136 valence electrons. The van der Waals surface area contributed by atoms with Crippen LogP contribution in [0, 0.1) is 0 Å². The van der Waals surface area contributed by atoms with Crippen LogP contribution in [0.25, 0.3) is 0 Å². The number of amides is 1. The fraction of sp³-hybridized carbons (Fsp3) is 0.316. The Morgan fingerprint density at radius 2 is 2.08 bits per heavy atom. The summed E-state index contributed by atoms with van der Waals surface area (Å²) in [4.78, 5) is 13.5. The molecule has 4 rings (SSSR count). The minimum absolute atomic E-state index is 0.0948. The van der Waals surface area contributed by atoms with Gasteiger partial charge in [0.1, 0.15) is 6.17 Å². The molecule has 1 amide bonds. The molecule has 0 saturated carbocycles. The topological polar surface area (TPSA) is 86.0 Å². The van der Waals surface area contributed by atoms with Crippen LogP contribution in [0.3, 0.4) is 0 Å². The number of nitrogens with zero attached hydrogens (tertiary/aromatic N) is 1. The molecule has 0 spiro atoms. The molecule has 2 aliphatic rings. The summed E-state index contributed by atoms with van der Waals surface area (Å²) in [5.41, 5.74) is 8.90. The standard InChI is InChI=1S/C19H21N3O4/c1-22-8-7-12-9-14-16(26-10-25-14)17(24-2)15(12)19(22)21-13-5-3-11(4-6-13)18(20)23/h3-6,9,19,21H,7-8,10H2,1-2H3,(H2,20,23)/t19-/m1/s1. The van der Waals surface area contributed by atoms with Gasteiger partial charge in [0.2, 0.25) is 18.4 Å². The lowest BCUT2D eigenvalue weighted by molar-refractivity contribution is 0.100. The molecule has 7 nitrogen and oxygen atoms in total. The minimum Gasteiger partial charge on any atom is -0.492 e. The third-order valence-electron chi connectivity index (χ3n) is 4.87. The summed E-state index contributed by atoms with van der Waals surface area (Å²) in [5, 5.41) is 3.52. The highest BCUT2D eigenvalue weighted by Gasteiger charge is 2.33. The van der Waals surface area contributed by atoms with Gasteiger partial charge in [-0.15, -0.1) is 0 Å². The van der Waals surface area contributed by atoms with Crippen molar-refractivity contribution in [3.63, 3.8) is 0 Å². The van der Waals surface area contributed by atoms with E-state index >= 15 is 0 Å². The number of hydrogen-bond donors (Lipinski definition) is 2. The number of likely N-dealkylation sites (N-methyl/N-ethyl adjacent to an activating group) is 1. The van der Waals surface area contributed by atoms with Crippen LogP contribution in [-0.4, -0.2) is 38.3 Å². The summed E-state index contributed by atoms with van der Waals surface area (Å²) in [7, 11) is 3.70. The first-order chi connectivity index (χ1) is 12.6. The van der Waals surface area contributed by atoms with Crippen LogP contribution in [0.4, 0.5) is 5.69 Å². The van der Waals surface area contributed by atoms with Crippen molar-refractivity contribution < 1.29 is 19.0 Å². The number of nitrogens with one attached hydrogen (secondary N) is 1. The van der Waals surface area contributed by atoms with Gasteiger partial charge >= 0.3 is 0 Å². The average molecular weight is 355 g/mol. The van der Waals surface area contributed by atoms with E-state index in [2.05, 4.69) is 17.3 Å². The largest absolute Gasteiger partial charge is 0.492 e. The Morgan fingerprint density at radius 3 is 2.77 bits per heavy atom. The lowest BCUT2D eigenvalue weighted by Crippen LogP contribution is -2.37. The van der Waals surface area contributed by atoms with E-state index in [1.807, 2.05) is 18.2 Å². The highest BCUT2D eigenvalue weighted by Crippen LogP contribution is 2.49. The van der Waals surface area contributed by atoms with Crippen LogP contribution < -0.4 is 25.3 Å². The van der Waals surface area contributed by atoms with E-state index in [1.54, 1.807) is 19.2 Å². The molecular formula is C19H21N3O4. The van der Waals surface area contributed by atoms with E-state index in [1.165, 1.54) is 5.56 Å². The zero-order valence-corrected chi connectivity index (χ0v) is 14.7. The van der Waals surface area contributed by atoms with Crippen molar-refractivity contribution >= 4 is 11.6 Å². The molecule has 0 fully saturated rings. The molecular weight excluding hydrogens is 334 g/mol. The van der Waals surface area contributed by atoms with E-state index in [-0.39, 0.29) is 13.0 Å². The van der Waals surface area contributed by atoms with Crippen LogP contribution in [0.1, 0.15) is 27.7 Å². The highest BCUT2D eigenvalue weighted by atomic mass is 16.7. The maximum atomic E-state index is 11.3. The molecule has 7 heteroatoms. The number of primary amides is 1. The van der Waals surface area contributed by atoms with E-state index in [0.29, 0.717) is 17.1 Å². The summed E-state index contributed by atoms with van der Waals surface area (Å²) in [6.07, 6.45) is 0.806. The maximum absolute atomic E-state index is 11.3. The van der Waals surface area contributed by atoms with Crippen molar-refractivity contribution in [2.45, 2.75) is 12.6 Å². The first-order valence-corrected chi connectivity index (χ1v) is 8.44. The third kappa shape index (κ3) is 2.70. The first kappa shape index (κ1) is 16.5. The fourth-order valence-electron chi connectivity index (χ4n) is 3.50. The summed E-state index contributed by atoms with van der Waals surface area (Å²) in [6, 6.07) is 9.16. The third-order valence-corrected chi connectivity index (χ3v) is 4.87. The molecule has 26 heavy (non-hydrogen) atoms. The maximum Gasteiger partial charge on any atom is 0.248 e. The number of hydrogen-bond acceptors (Lipinski definition) is 6. The second-order valence-corrected chi connectivity index (χ2v) is 6.44. The summed E-state index contributed by atoms with van der Waals surface area (Å²) in [5.74, 6) is 1.64. The average Bonchev–Trinajstić information content (AvgIpc) is 3.11. The van der Waals surface area contributed by atoms with Crippen molar-refractivity contribution in [1.82, 2.24) is 4.90 Å². The number of benzene rings is 2. The molecule has 0 radical (unpaired) electrons. The van der Waals surface area contributed by atoms with Crippen molar-refractivity contribution in [3.8, 4) is 17.2 Å². The predicted octanol–water partition coefficient (Wildman–Crippen LogP) is 2.12. The van der Waals surface area contributed by atoms with Crippen LogP contribution >= 0.6 is 0 Å². The van der Waals surface area contributed by atoms with Gasteiger partial charge in [-0.1, -0.05) is 0 Å². The SMILES string of the molecule is COc1c2c(cc3c1[C@H](Nc1ccc(C(N)=O)cc1)N(C)CC3)OCO2. The van der Waals surface area contributed by atoms with E-state index in [9.17, 15) is 4.79 Å². The monoisotopic (exact) mass is 355 g/mol. The Hall–Kier alpha value is -2.93. The zero-order valence-electron chi connectivity index (χ0n) is 14.7. The number of ether oxygens (including phenoxy) is 3. The van der Waals surface area contributed by atoms with Crippen LogP contribution in [0.15, 0.2) is 30.3 Å². The Labute approximate surface area is 151 Å². The van der Waals surface area contributed by atoms with Crippen LogP contribution in [-0.2, 0) is 6.42 Å². The summed E-state index contributed by atoms with van der Waals surface area (Å²) in [6.45, 7) is 1.10. The molecule has 1 atom stereocenters. The van der Waals surface area contributed by atoms with Crippen LogP contribution in [0.2, 0.25) is 0 Å². The molecule has 0 bridgehead atoms. The normalized spacial score (nSPS) is 18.3. The van der Waals surface area contributed by atoms with Gasteiger partial charge in [0.25, 0.3) is 0 Å². The van der Waals surface area contributed by atoms with E-state index in [4.69, 9.17) is 19.9 Å². The number of carbonyl (C=O) groups is 1. The quantitative estimate of drug-likeness (QED) is 0.874. The Balaban J connectivity index is 1.72. The number of carbonyl (C=O) groups excluding carboxylic acids is 1. The lowest BCUT2D eigenvalue weighted by Gasteiger charge is -2.36. The van der Waals surface area contributed by atoms with Gasteiger partial charge in [-0.3, -0.25) is 9.69 Å². The van der Waals surface area contributed by atoms with Gasteiger partial charge in [-0.05, 0) is 49.4 Å². The summed E-state index contributed by atoms with van der Waals surface area (Å²) >= 11 is 0. The Kier molecular flexibility index (Phi) is 4.08. The van der Waals surface area contributed by atoms with Crippen molar-refractivity contribution in [2.24, 2.45) is 5.73 Å². The minimum atomic E-state index is -0.439. The van der Waals surface area contributed by atoms with E-state index < -0.39 is 5.91 Å².